The van der Waals surface area contributed by atoms with Crippen molar-refractivity contribution in [1.29, 1.82) is 0 Å². The lowest BCUT2D eigenvalue weighted by molar-refractivity contribution is 0.0140. The Morgan fingerprint density at radius 3 is 2.58 bits per heavy atom. The van der Waals surface area contributed by atoms with E-state index in [9.17, 15) is 5.11 Å². The standard InChI is InChI=1S/C21H25NO4/c1-24-15-6-8-16(19(12-15)25-2)14-5-7-17-20(11-14)26-13-18(21(17)23)22-9-3-4-10-22/h5-8,11-12,18,21,23H,3-4,9-10,13H2,1-2H3/t18-,21-/m1/s1. The van der Waals surface area contributed by atoms with Crippen LogP contribution in [-0.4, -0.2) is 50.0 Å². The van der Waals surface area contributed by atoms with E-state index in [1.54, 1.807) is 14.2 Å². The summed E-state index contributed by atoms with van der Waals surface area (Å²) in [6, 6.07) is 11.8. The molecule has 2 aliphatic heterocycles. The average molecular weight is 355 g/mol. The fourth-order valence-electron chi connectivity index (χ4n) is 3.96. The Hall–Kier alpha value is -2.24. The first kappa shape index (κ1) is 17.2. The Morgan fingerprint density at radius 1 is 1.04 bits per heavy atom. The molecule has 2 aliphatic rings. The minimum Gasteiger partial charge on any atom is -0.497 e. The molecule has 138 valence electrons. The Bertz CT molecular complexity index is 786. The van der Waals surface area contributed by atoms with Crippen LogP contribution in [0.25, 0.3) is 11.1 Å². The molecule has 4 rings (SSSR count). The summed E-state index contributed by atoms with van der Waals surface area (Å²) >= 11 is 0. The number of fused-ring (bicyclic) bond motifs is 1. The van der Waals surface area contributed by atoms with Gasteiger partial charge < -0.3 is 19.3 Å². The van der Waals surface area contributed by atoms with Crippen LogP contribution in [0.2, 0.25) is 0 Å². The van der Waals surface area contributed by atoms with Gasteiger partial charge in [-0.05, 0) is 49.7 Å². The molecule has 0 spiro atoms. The molecule has 1 fully saturated rings. The minimum absolute atomic E-state index is 0.0476. The van der Waals surface area contributed by atoms with E-state index in [4.69, 9.17) is 14.2 Å². The van der Waals surface area contributed by atoms with E-state index < -0.39 is 6.10 Å². The van der Waals surface area contributed by atoms with Gasteiger partial charge in [-0.3, -0.25) is 4.90 Å². The van der Waals surface area contributed by atoms with E-state index in [1.807, 2.05) is 36.4 Å². The molecule has 1 N–H and O–H groups in total. The smallest absolute Gasteiger partial charge is 0.130 e. The highest BCUT2D eigenvalue weighted by Gasteiger charge is 2.35. The van der Waals surface area contributed by atoms with Crippen LogP contribution in [0.4, 0.5) is 0 Å². The normalized spacial score (nSPS) is 22.6. The Labute approximate surface area is 154 Å². The number of rotatable bonds is 4. The molecule has 0 bridgehead atoms. The summed E-state index contributed by atoms with van der Waals surface area (Å²) in [4.78, 5) is 2.34. The zero-order valence-electron chi connectivity index (χ0n) is 15.3. The van der Waals surface area contributed by atoms with Crippen molar-refractivity contribution in [3.8, 4) is 28.4 Å². The average Bonchev–Trinajstić information content (AvgIpc) is 3.22. The lowest BCUT2D eigenvalue weighted by Gasteiger charge is -2.36. The van der Waals surface area contributed by atoms with Crippen molar-refractivity contribution in [3.05, 3.63) is 42.0 Å². The largest absolute Gasteiger partial charge is 0.497 e. The molecule has 0 aromatic heterocycles. The molecular weight excluding hydrogens is 330 g/mol. The van der Waals surface area contributed by atoms with Gasteiger partial charge in [-0.25, -0.2) is 0 Å². The summed E-state index contributed by atoms with van der Waals surface area (Å²) in [6.07, 6.45) is 1.89. The second kappa shape index (κ2) is 7.17. The number of hydrogen-bond donors (Lipinski definition) is 1. The van der Waals surface area contributed by atoms with Crippen LogP contribution in [0, 0.1) is 0 Å². The lowest BCUT2D eigenvalue weighted by Crippen LogP contribution is -2.44. The molecule has 0 radical (unpaired) electrons. The zero-order valence-corrected chi connectivity index (χ0v) is 15.3. The van der Waals surface area contributed by atoms with Gasteiger partial charge in [-0.2, -0.15) is 0 Å². The van der Waals surface area contributed by atoms with Crippen molar-refractivity contribution in [1.82, 2.24) is 4.90 Å². The molecule has 0 amide bonds. The minimum atomic E-state index is -0.510. The van der Waals surface area contributed by atoms with E-state index in [0.29, 0.717) is 6.61 Å². The molecular formula is C21H25NO4. The molecule has 26 heavy (non-hydrogen) atoms. The van der Waals surface area contributed by atoms with Gasteiger partial charge in [0.05, 0.1) is 20.3 Å². The van der Waals surface area contributed by atoms with E-state index in [0.717, 1.165) is 47.0 Å². The summed E-state index contributed by atoms with van der Waals surface area (Å²) in [5, 5.41) is 10.8. The second-order valence-corrected chi connectivity index (χ2v) is 6.89. The molecule has 2 aromatic carbocycles. The second-order valence-electron chi connectivity index (χ2n) is 6.89. The SMILES string of the molecule is COc1ccc(-c2ccc3c(c2)OC[C@@H](N2CCCC2)[C@@H]3O)c(OC)c1. The molecule has 2 atom stereocenters. The number of aliphatic hydroxyl groups excluding tert-OH is 1. The van der Waals surface area contributed by atoms with Crippen LogP contribution in [-0.2, 0) is 0 Å². The van der Waals surface area contributed by atoms with Crippen molar-refractivity contribution in [2.75, 3.05) is 33.9 Å². The van der Waals surface area contributed by atoms with E-state index in [-0.39, 0.29) is 6.04 Å². The highest BCUT2D eigenvalue weighted by Crippen LogP contribution is 2.40. The number of nitrogens with zero attached hydrogens (tertiary/aromatic N) is 1. The molecule has 2 heterocycles. The topological polar surface area (TPSA) is 51.2 Å². The van der Waals surface area contributed by atoms with Crippen LogP contribution < -0.4 is 14.2 Å². The fourth-order valence-corrected chi connectivity index (χ4v) is 3.96. The summed E-state index contributed by atoms with van der Waals surface area (Å²) in [5.41, 5.74) is 2.83. The molecule has 2 aromatic rings. The maximum absolute atomic E-state index is 10.8. The van der Waals surface area contributed by atoms with Crippen molar-refractivity contribution in [3.63, 3.8) is 0 Å². The van der Waals surface area contributed by atoms with Gasteiger partial charge in [-0.15, -0.1) is 0 Å². The quantitative estimate of drug-likeness (QED) is 0.912. The Kier molecular flexibility index (Phi) is 4.74. The first-order chi connectivity index (χ1) is 12.7. The lowest BCUT2D eigenvalue weighted by atomic mass is 9.94. The highest BCUT2D eigenvalue weighted by molar-refractivity contribution is 5.73. The number of hydrogen-bond acceptors (Lipinski definition) is 5. The first-order valence-corrected chi connectivity index (χ1v) is 9.12. The number of ether oxygens (including phenoxy) is 3. The summed E-state index contributed by atoms with van der Waals surface area (Å²) < 4.78 is 16.8. The molecule has 1 saturated heterocycles. The highest BCUT2D eigenvalue weighted by atomic mass is 16.5. The third kappa shape index (κ3) is 3.02. The summed E-state index contributed by atoms with van der Waals surface area (Å²) in [7, 11) is 3.29. The van der Waals surface area contributed by atoms with Gasteiger partial charge in [0, 0.05) is 17.2 Å². The monoisotopic (exact) mass is 355 g/mol. The maximum atomic E-state index is 10.8. The van der Waals surface area contributed by atoms with E-state index in [1.165, 1.54) is 12.8 Å². The van der Waals surface area contributed by atoms with Gasteiger partial charge in [0.1, 0.15) is 30.0 Å². The van der Waals surface area contributed by atoms with Crippen LogP contribution in [0.1, 0.15) is 24.5 Å². The van der Waals surface area contributed by atoms with Gasteiger partial charge in [-0.1, -0.05) is 12.1 Å². The Balaban J connectivity index is 1.64. The molecule has 0 unspecified atom stereocenters. The molecule has 5 nitrogen and oxygen atoms in total. The molecule has 0 aliphatic carbocycles. The van der Waals surface area contributed by atoms with Crippen molar-refractivity contribution >= 4 is 0 Å². The summed E-state index contributed by atoms with van der Waals surface area (Å²) in [6.45, 7) is 2.61. The number of aliphatic hydroxyl groups is 1. The van der Waals surface area contributed by atoms with E-state index in [2.05, 4.69) is 4.90 Å². The predicted molar refractivity (Wildman–Crippen MR) is 100 cm³/mol. The number of likely N-dealkylation sites (tertiary alicyclic amines) is 1. The summed E-state index contributed by atoms with van der Waals surface area (Å²) in [5.74, 6) is 2.25. The van der Waals surface area contributed by atoms with Crippen molar-refractivity contribution in [2.45, 2.75) is 25.0 Å². The van der Waals surface area contributed by atoms with Gasteiger partial charge in [0.15, 0.2) is 0 Å². The third-order valence-corrected chi connectivity index (χ3v) is 5.44. The predicted octanol–water partition coefficient (Wildman–Crippen LogP) is 3.26. The third-order valence-electron chi connectivity index (χ3n) is 5.44. The van der Waals surface area contributed by atoms with Gasteiger partial charge >= 0.3 is 0 Å². The molecule has 0 saturated carbocycles. The number of benzene rings is 2. The fraction of sp³-hybridized carbons (Fsp3) is 0.429. The van der Waals surface area contributed by atoms with Gasteiger partial charge in [0.2, 0.25) is 0 Å². The molecule has 5 heteroatoms. The Morgan fingerprint density at radius 2 is 1.85 bits per heavy atom. The first-order valence-electron chi connectivity index (χ1n) is 9.12. The van der Waals surface area contributed by atoms with Crippen LogP contribution in [0.5, 0.6) is 17.2 Å². The van der Waals surface area contributed by atoms with Crippen molar-refractivity contribution < 1.29 is 19.3 Å². The van der Waals surface area contributed by atoms with Crippen LogP contribution in [0.3, 0.4) is 0 Å². The number of methoxy groups -OCH3 is 2. The van der Waals surface area contributed by atoms with Crippen LogP contribution in [0.15, 0.2) is 36.4 Å². The van der Waals surface area contributed by atoms with E-state index >= 15 is 0 Å². The van der Waals surface area contributed by atoms with Crippen LogP contribution >= 0.6 is 0 Å². The maximum Gasteiger partial charge on any atom is 0.130 e. The zero-order chi connectivity index (χ0) is 18.1. The van der Waals surface area contributed by atoms with Crippen molar-refractivity contribution in [2.24, 2.45) is 0 Å². The van der Waals surface area contributed by atoms with Gasteiger partial charge in [0.25, 0.3) is 0 Å².